The molecular formula is C12H12N2O4S2. The van der Waals surface area contributed by atoms with Crippen molar-refractivity contribution in [2.75, 3.05) is 4.72 Å². The summed E-state index contributed by atoms with van der Waals surface area (Å²) >= 11 is 0.886. The molecule has 106 valence electrons. The van der Waals surface area contributed by atoms with Crippen LogP contribution in [-0.2, 0) is 10.0 Å². The van der Waals surface area contributed by atoms with E-state index in [1.807, 2.05) is 0 Å². The Balaban J connectivity index is 2.46. The van der Waals surface area contributed by atoms with E-state index in [4.69, 9.17) is 5.11 Å². The molecule has 0 amide bonds. The van der Waals surface area contributed by atoms with E-state index in [2.05, 4.69) is 9.71 Å². The van der Waals surface area contributed by atoms with Gasteiger partial charge >= 0.3 is 5.97 Å². The summed E-state index contributed by atoms with van der Waals surface area (Å²) in [6.07, 6.45) is 0. The van der Waals surface area contributed by atoms with Crippen LogP contribution in [0.3, 0.4) is 0 Å². The van der Waals surface area contributed by atoms with Crippen molar-refractivity contribution in [1.82, 2.24) is 4.98 Å². The fraction of sp³-hybridized carbons (Fsp3) is 0.167. The quantitative estimate of drug-likeness (QED) is 0.902. The largest absolute Gasteiger partial charge is 0.477 e. The summed E-state index contributed by atoms with van der Waals surface area (Å²) in [5, 5.41) is 10.6. The van der Waals surface area contributed by atoms with Gasteiger partial charge in [-0.3, -0.25) is 4.72 Å². The van der Waals surface area contributed by atoms with Gasteiger partial charge in [-0.2, -0.15) is 0 Å². The number of anilines is 1. The van der Waals surface area contributed by atoms with Gasteiger partial charge in [0.2, 0.25) is 0 Å². The molecule has 0 saturated heterocycles. The van der Waals surface area contributed by atoms with Crippen LogP contribution >= 0.6 is 11.3 Å². The molecule has 2 heterocycles. The molecule has 0 fully saturated rings. The van der Waals surface area contributed by atoms with E-state index in [9.17, 15) is 13.2 Å². The van der Waals surface area contributed by atoms with E-state index in [0.717, 1.165) is 11.3 Å². The molecule has 2 aromatic rings. The van der Waals surface area contributed by atoms with E-state index in [0.29, 0.717) is 11.3 Å². The first kappa shape index (κ1) is 14.5. The lowest BCUT2D eigenvalue weighted by atomic mass is 10.3. The Morgan fingerprint density at radius 2 is 2.05 bits per heavy atom. The number of thiophene rings is 1. The number of aromatic carboxylic acids is 1. The molecule has 8 heteroatoms. The second-order valence-electron chi connectivity index (χ2n) is 4.15. The molecule has 0 unspecified atom stereocenters. The van der Waals surface area contributed by atoms with Crippen LogP contribution < -0.4 is 4.72 Å². The molecule has 2 rings (SSSR count). The number of nitrogens with one attached hydrogen (secondary N) is 1. The van der Waals surface area contributed by atoms with Gasteiger partial charge in [-0.25, -0.2) is 18.2 Å². The maximum atomic E-state index is 12.3. The first-order valence-electron chi connectivity index (χ1n) is 5.59. The summed E-state index contributed by atoms with van der Waals surface area (Å²) in [7, 11) is -3.98. The number of nitrogens with zero attached hydrogens (tertiary/aromatic N) is 1. The molecule has 0 aliphatic heterocycles. The first-order chi connectivity index (χ1) is 9.31. The minimum Gasteiger partial charge on any atom is -0.477 e. The predicted molar refractivity (Wildman–Crippen MR) is 75.8 cm³/mol. The molecule has 0 spiro atoms. The molecule has 0 aromatic carbocycles. The van der Waals surface area contributed by atoms with Crippen molar-refractivity contribution < 1.29 is 18.3 Å². The van der Waals surface area contributed by atoms with Crippen LogP contribution in [0.1, 0.15) is 20.9 Å². The highest BCUT2D eigenvalue weighted by molar-refractivity contribution is 7.93. The van der Waals surface area contributed by atoms with Gasteiger partial charge in [0.1, 0.15) is 15.6 Å². The number of pyridine rings is 1. The number of sulfonamides is 1. The van der Waals surface area contributed by atoms with Gasteiger partial charge in [-0.15, -0.1) is 11.3 Å². The normalized spacial score (nSPS) is 11.3. The van der Waals surface area contributed by atoms with Gasteiger partial charge in [0, 0.05) is 5.69 Å². The maximum absolute atomic E-state index is 12.3. The molecular weight excluding hydrogens is 300 g/mol. The molecule has 0 aliphatic rings. The Bertz CT molecular complexity index is 766. The number of rotatable bonds is 4. The van der Waals surface area contributed by atoms with Gasteiger partial charge in [-0.05, 0) is 36.9 Å². The van der Waals surface area contributed by atoms with Crippen molar-refractivity contribution in [3.63, 3.8) is 0 Å². The minimum absolute atomic E-state index is 0.159. The SMILES string of the molecule is Cc1cccc(NS(=O)(=O)c2c(C)csc2C(=O)O)n1. The number of carboxylic acids is 1. The topological polar surface area (TPSA) is 96.4 Å². The molecule has 0 saturated carbocycles. The predicted octanol–water partition coefficient (Wildman–Crippen LogP) is 2.26. The smallest absolute Gasteiger partial charge is 0.347 e. The fourth-order valence-corrected chi connectivity index (χ4v) is 4.34. The average Bonchev–Trinajstić information content (AvgIpc) is 2.71. The standard InChI is InChI=1S/C12H12N2O4S2/c1-7-6-19-10(12(15)16)11(7)20(17,18)14-9-5-3-4-8(2)13-9/h3-6H,1-2H3,(H,13,14)(H,15,16). The number of aromatic nitrogens is 1. The van der Waals surface area contributed by atoms with Crippen LogP contribution in [0.4, 0.5) is 5.82 Å². The van der Waals surface area contributed by atoms with Gasteiger partial charge < -0.3 is 5.11 Å². The van der Waals surface area contributed by atoms with Crippen molar-refractivity contribution in [1.29, 1.82) is 0 Å². The lowest BCUT2D eigenvalue weighted by Gasteiger charge is -2.08. The van der Waals surface area contributed by atoms with Crippen molar-refractivity contribution in [2.45, 2.75) is 18.7 Å². The molecule has 2 aromatic heterocycles. The summed E-state index contributed by atoms with van der Waals surface area (Å²) in [6, 6.07) is 4.90. The lowest BCUT2D eigenvalue weighted by Crippen LogP contribution is -2.17. The van der Waals surface area contributed by atoms with E-state index in [1.54, 1.807) is 26.0 Å². The number of hydrogen-bond donors (Lipinski definition) is 2. The monoisotopic (exact) mass is 312 g/mol. The number of carbonyl (C=O) groups is 1. The second-order valence-corrected chi connectivity index (χ2v) is 6.65. The third-order valence-corrected chi connectivity index (χ3v) is 5.26. The number of hydrogen-bond acceptors (Lipinski definition) is 5. The van der Waals surface area contributed by atoms with Crippen molar-refractivity contribution in [3.8, 4) is 0 Å². The summed E-state index contributed by atoms with van der Waals surface area (Å²) < 4.78 is 26.9. The first-order valence-corrected chi connectivity index (χ1v) is 7.95. The lowest BCUT2D eigenvalue weighted by molar-refractivity contribution is 0.0698. The Kier molecular flexibility index (Phi) is 3.78. The second kappa shape index (κ2) is 5.22. The zero-order valence-corrected chi connectivity index (χ0v) is 12.4. The van der Waals surface area contributed by atoms with Gasteiger partial charge in [-0.1, -0.05) is 6.07 Å². The van der Waals surface area contributed by atoms with E-state index >= 15 is 0 Å². The number of carboxylic acid groups (broad SMARTS) is 1. The molecule has 0 aliphatic carbocycles. The van der Waals surface area contributed by atoms with Crippen LogP contribution in [0.15, 0.2) is 28.5 Å². The zero-order valence-electron chi connectivity index (χ0n) is 10.7. The third kappa shape index (κ3) is 2.81. The summed E-state index contributed by atoms with van der Waals surface area (Å²) in [5.41, 5.74) is 1.05. The molecule has 6 nitrogen and oxygen atoms in total. The summed E-state index contributed by atoms with van der Waals surface area (Å²) in [4.78, 5) is 14.7. The Morgan fingerprint density at radius 1 is 1.35 bits per heavy atom. The summed E-state index contributed by atoms with van der Waals surface area (Å²) in [6.45, 7) is 3.29. The molecule has 0 radical (unpaired) electrons. The van der Waals surface area contributed by atoms with Gasteiger partial charge in [0.25, 0.3) is 10.0 Å². The molecule has 2 N–H and O–H groups in total. The van der Waals surface area contributed by atoms with Crippen LogP contribution in [0.2, 0.25) is 0 Å². The van der Waals surface area contributed by atoms with E-state index in [1.165, 1.54) is 11.4 Å². The fourth-order valence-electron chi connectivity index (χ4n) is 1.70. The van der Waals surface area contributed by atoms with Crippen LogP contribution in [0.5, 0.6) is 0 Å². The highest BCUT2D eigenvalue weighted by Crippen LogP contribution is 2.28. The summed E-state index contributed by atoms with van der Waals surface area (Å²) in [5.74, 6) is -1.10. The average molecular weight is 312 g/mol. The Morgan fingerprint density at radius 3 is 2.65 bits per heavy atom. The molecule has 20 heavy (non-hydrogen) atoms. The number of aryl methyl sites for hydroxylation is 2. The van der Waals surface area contributed by atoms with E-state index in [-0.39, 0.29) is 15.6 Å². The third-order valence-electron chi connectivity index (χ3n) is 2.51. The Hall–Kier alpha value is -1.93. The highest BCUT2D eigenvalue weighted by Gasteiger charge is 2.27. The Labute approximate surface area is 120 Å². The van der Waals surface area contributed by atoms with Crippen LogP contribution in [-0.4, -0.2) is 24.5 Å². The van der Waals surface area contributed by atoms with Crippen LogP contribution in [0, 0.1) is 13.8 Å². The van der Waals surface area contributed by atoms with Crippen molar-refractivity contribution in [2.24, 2.45) is 0 Å². The van der Waals surface area contributed by atoms with Crippen molar-refractivity contribution in [3.05, 3.63) is 39.7 Å². The van der Waals surface area contributed by atoms with E-state index < -0.39 is 16.0 Å². The van der Waals surface area contributed by atoms with Crippen molar-refractivity contribution >= 4 is 33.1 Å². The maximum Gasteiger partial charge on any atom is 0.347 e. The van der Waals surface area contributed by atoms with Gasteiger partial charge in [0.15, 0.2) is 0 Å². The van der Waals surface area contributed by atoms with Crippen LogP contribution in [0.25, 0.3) is 0 Å². The highest BCUT2D eigenvalue weighted by atomic mass is 32.2. The molecule has 0 atom stereocenters. The van der Waals surface area contributed by atoms with Gasteiger partial charge in [0.05, 0.1) is 0 Å². The zero-order chi connectivity index (χ0) is 14.9. The minimum atomic E-state index is -3.98. The molecule has 0 bridgehead atoms.